The Hall–Kier alpha value is 0.285. The Morgan fingerprint density at radius 2 is 2.20 bits per heavy atom. The molecule has 0 amide bonds. The first-order valence-corrected chi connectivity index (χ1v) is 2.16. The molecule has 0 saturated heterocycles. The van der Waals surface area contributed by atoms with Crippen LogP contribution in [0, 0.1) is 0 Å². The van der Waals surface area contributed by atoms with Gasteiger partial charge in [-0.05, 0) is 0 Å². The molecule has 2 heteroatoms. The summed E-state index contributed by atoms with van der Waals surface area (Å²) in [4.78, 5) is 0. The fourth-order valence-corrected chi connectivity index (χ4v) is 0. The van der Waals surface area contributed by atoms with E-state index in [0.29, 0.717) is 0 Å². The van der Waals surface area contributed by atoms with E-state index in [-0.39, 0.29) is 0 Å². The molecule has 0 aromatic heterocycles. The van der Waals surface area contributed by atoms with Gasteiger partial charge in [0.1, 0.15) is 0 Å². The van der Waals surface area contributed by atoms with Crippen LogP contribution in [-0.2, 0) is 0 Å². The molecular formula is C3H7BS. The molecule has 0 unspecified atom stereocenters. The molecule has 0 aromatic rings. The fourth-order valence-electron chi connectivity index (χ4n) is 0. The van der Waals surface area contributed by atoms with Crippen LogP contribution in [-0.4, -0.2) is 18.7 Å². The minimum absolute atomic E-state index is 0.806. The Kier molecular flexibility index (Phi) is 2.66. The second kappa shape index (κ2) is 2.52. The Labute approximate surface area is 39.1 Å². The Balaban J connectivity index is 2.85. The van der Waals surface area contributed by atoms with Gasteiger partial charge in [-0.2, -0.15) is 0 Å². The van der Waals surface area contributed by atoms with Crippen LogP contribution >= 0.6 is 12.6 Å². The van der Waals surface area contributed by atoms with E-state index in [2.05, 4.69) is 20.1 Å². The van der Waals surface area contributed by atoms with E-state index in [4.69, 9.17) is 0 Å². The van der Waals surface area contributed by atoms with Crippen molar-refractivity contribution in [3.05, 3.63) is 0 Å². The van der Waals surface area contributed by atoms with Crippen molar-refractivity contribution in [3.63, 3.8) is 0 Å². The maximum absolute atomic E-state index is 3.92. The summed E-state index contributed by atoms with van der Waals surface area (Å²) in [7, 11) is 3.60. The maximum atomic E-state index is 3.92. The van der Waals surface area contributed by atoms with Gasteiger partial charge in [-0.25, -0.2) is 0 Å². The van der Waals surface area contributed by atoms with Crippen LogP contribution in [0.5, 0.6) is 0 Å². The monoisotopic (exact) mass is 86.0 g/mol. The quantitative estimate of drug-likeness (QED) is 0.337. The zero-order valence-electron chi connectivity index (χ0n) is 3.36. The molecule has 0 rings (SSSR count). The summed E-state index contributed by atoms with van der Waals surface area (Å²) in [5.74, 6) is 0.806. The molecular weight excluding hydrogens is 78.9 g/mol. The standard InChI is InChI=1S/C3H7BS/c1-3(4)2-5/h4-5H,2H2,1H3. The van der Waals surface area contributed by atoms with E-state index >= 15 is 0 Å². The summed E-state index contributed by atoms with van der Waals surface area (Å²) < 4.78 is 0. The first kappa shape index (κ1) is 5.28. The SMILES string of the molecule is B=C(C)CS. The molecule has 0 saturated carbocycles. The van der Waals surface area contributed by atoms with Crippen LogP contribution in [0.3, 0.4) is 0 Å². The molecule has 0 aliphatic carbocycles. The zero-order chi connectivity index (χ0) is 4.28. The third-order valence-corrected chi connectivity index (χ3v) is 0.810. The third kappa shape index (κ3) is 4.28. The molecule has 0 radical (unpaired) electrons. The van der Waals surface area contributed by atoms with Crippen molar-refractivity contribution in [1.29, 1.82) is 0 Å². The van der Waals surface area contributed by atoms with Gasteiger partial charge in [-0.3, -0.25) is 0 Å². The second-order valence-electron chi connectivity index (χ2n) is 1.12. The van der Waals surface area contributed by atoms with Crippen molar-refractivity contribution in [2.75, 3.05) is 5.75 Å². The van der Waals surface area contributed by atoms with Crippen molar-refractivity contribution >= 4 is 25.6 Å². The van der Waals surface area contributed by atoms with Crippen LogP contribution in [0.15, 0.2) is 0 Å². The molecule has 0 aliphatic heterocycles. The molecule has 0 aliphatic rings. The average molecular weight is 86.0 g/mol. The van der Waals surface area contributed by atoms with E-state index in [1.165, 1.54) is 0 Å². The first-order chi connectivity index (χ1) is 2.27. The number of hydrogen-bond acceptors (Lipinski definition) is 1. The summed E-state index contributed by atoms with van der Waals surface area (Å²) in [6.07, 6.45) is 0. The Morgan fingerprint density at radius 3 is 2.20 bits per heavy atom. The van der Waals surface area contributed by atoms with Crippen molar-refractivity contribution in [3.8, 4) is 0 Å². The van der Waals surface area contributed by atoms with Gasteiger partial charge in [0.25, 0.3) is 0 Å². The van der Waals surface area contributed by atoms with E-state index in [0.717, 1.165) is 11.2 Å². The number of hydrogen-bond donors (Lipinski definition) is 1. The van der Waals surface area contributed by atoms with Crippen LogP contribution in [0.4, 0.5) is 0 Å². The van der Waals surface area contributed by atoms with Gasteiger partial charge >= 0.3 is 38.3 Å². The van der Waals surface area contributed by atoms with E-state index in [1.54, 1.807) is 0 Å². The van der Waals surface area contributed by atoms with Gasteiger partial charge in [-0.1, -0.05) is 0 Å². The predicted octanol–water partition coefficient (Wildman–Crippen LogP) is 0.00930. The summed E-state index contributed by atoms with van der Waals surface area (Å²) >= 11 is 3.92. The molecule has 28 valence electrons. The van der Waals surface area contributed by atoms with Crippen LogP contribution in [0.25, 0.3) is 0 Å². The zero-order valence-corrected chi connectivity index (χ0v) is 4.26. The number of rotatable bonds is 1. The molecule has 5 heavy (non-hydrogen) atoms. The Morgan fingerprint density at radius 1 is 2.00 bits per heavy atom. The molecule has 0 N–H and O–H groups in total. The van der Waals surface area contributed by atoms with Crippen molar-refractivity contribution in [2.24, 2.45) is 0 Å². The van der Waals surface area contributed by atoms with Crippen molar-refractivity contribution in [1.82, 2.24) is 0 Å². The van der Waals surface area contributed by atoms with Gasteiger partial charge in [0, 0.05) is 0 Å². The summed E-state index contributed by atoms with van der Waals surface area (Å²) in [6, 6.07) is 0. The molecule has 0 spiro atoms. The third-order valence-electron chi connectivity index (χ3n) is 0.270. The van der Waals surface area contributed by atoms with E-state index < -0.39 is 0 Å². The van der Waals surface area contributed by atoms with Crippen LogP contribution < -0.4 is 0 Å². The van der Waals surface area contributed by atoms with E-state index in [1.807, 2.05) is 6.92 Å². The normalized spacial score (nSPS) is 7.40. The van der Waals surface area contributed by atoms with Crippen molar-refractivity contribution < 1.29 is 0 Å². The average Bonchev–Trinajstić information content (AvgIpc) is 1.38. The Bertz CT molecular complexity index is 42.2. The summed E-state index contributed by atoms with van der Waals surface area (Å²) in [5, 5.41) is 0. The molecule has 0 bridgehead atoms. The van der Waals surface area contributed by atoms with Crippen LogP contribution in [0.1, 0.15) is 6.92 Å². The molecule has 0 nitrogen and oxygen atoms in total. The van der Waals surface area contributed by atoms with Gasteiger partial charge in [-0.15, -0.1) is 0 Å². The fraction of sp³-hybridized carbons (Fsp3) is 0.667. The molecule has 0 fully saturated rings. The minimum atomic E-state index is 0.806. The van der Waals surface area contributed by atoms with Gasteiger partial charge in [0.05, 0.1) is 0 Å². The molecule has 0 heterocycles. The van der Waals surface area contributed by atoms with Gasteiger partial charge in [0.15, 0.2) is 0 Å². The van der Waals surface area contributed by atoms with E-state index in [9.17, 15) is 0 Å². The van der Waals surface area contributed by atoms with Gasteiger partial charge < -0.3 is 0 Å². The summed E-state index contributed by atoms with van der Waals surface area (Å²) in [6.45, 7) is 1.95. The van der Waals surface area contributed by atoms with Crippen LogP contribution in [0.2, 0.25) is 0 Å². The van der Waals surface area contributed by atoms with Gasteiger partial charge in [0.2, 0.25) is 0 Å². The predicted molar refractivity (Wildman–Crippen MR) is 31.7 cm³/mol. The second-order valence-corrected chi connectivity index (χ2v) is 1.43. The number of thiol groups is 1. The van der Waals surface area contributed by atoms with Crippen molar-refractivity contribution in [2.45, 2.75) is 6.92 Å². The molecule has 0 aromatic carbocycles. The first-order valence-electron chi connectivity index (χ1n) is 1.52. The topological polar surface area (TPSA) is 0 Å². The molecule has 0 atom stereocenters. The summed E-state index contributed by atoms with van der Waals surface area (Å²) in [5.41, 5.74) is 1.12.